The van der Waals surface area contributed by atoms with E-state index in [1.807, 2.05) is 30.6 Å². The van der Waals surface area contributed by atoms with Crippen LogP contribution >= 0.6 is 0 Å². The van der Waals surface area contributed by atoms with Crippen LogP contribution < -0.4 is 4.74 Å². The molecule has 1 aliphatic heterocycles. The second-order valence-electron chi connectivity index (χ2n) is 6.86. The first-order valence-electron chi connectivity index (χ1n) is 8.95. The van der Waals surface area contributed by atoms with Crippen molar-refractivity contribution in [2.45, 2.75) is 25.9 Å². The first-order chi connectivity index (χ1) is 12.8. The van der Waals surface area contributed by atoms with Crippen molar-refractivity contribution >= 4 is 0 Å². The van der Waals surface area contributed by atoms with E-state index in [1.54, 1.807) is 18.6 Å². The summed E-state index contributed by atoms with van der Waals surface area (Å²) in [6, 6.07) is 12.9. The number of aromatic nitrogens is 3. The number of rotatable bonds is 5. The van der Waals surface area contributed by atoms with Crippen molar-refractivity contribution in [1.29, 1.82) is 0 Å². The SMILES string of the molecule is C[C@H]1C[C@H](c2cccnc2)N(Cc2ccc(Oc3cnccn3)cc2)C1. The predicted molar refractivity (Wildman–Crippen MR) is 99.7 cm³/mol. The Bertz CT molecular complexity index is 824. The van der Waals surface area contributed by atoms with Crippen LogP contribution in [0.2, 0.25) is 0 Å². The Labute approximate surface area is 153 Å². The van der Waals surface area contributed by atoms with Crippen molar-refractivity contribution in [2.24, 2.45) is 5.92 Å². The molecular weight excluding hydrogens is 324 g/mol. The topological polar surface area (TPSA) is 51.1 Å². The fourth-order valence-electron chi connectivity index (χ4n) is 3.58. The van der Waals surface area contributed by atoms with Crippen LogP contribution in [0.4, 0.5) is 0 Å². The fraction of sp³-hybridized carbons (Fsp3) is 0.286. The molecule has 3 aromatic rings. The monoisotopic (exact) mass is 346 g/mol. The van der Waals surface area contributed by atoms with Crippen LogP contribution in [0.15, 0.2) is 67.4 Å². The third kappa shape index (κ3) is 3.89. The molecule has 2 aromatic heterocycles. The Kier molecular flexibility index (Phi) is 4.88. The van der Waals surface area contributed by atoms with Crippen LogP contribution in [0.3, 0.4) is 0 Å². The van der Waals surface area contributed by atoms with Gasteiger partial charge in [-0.2, -0.15) is 0 Å². The molecule has 26 heavy (non-hydrogen) atoms. The molecule has 1 aliphatic rings. The number of benzene rings is 1. The lowest BCUT2D eigenvalue weighted by Gasteiger charge is -2.24. The van der Waals surface area contributed by atoms with E-state index in [2.05, 4.69) is 45.0 Å². The van der Waals surface area contributed by atoms with Gasteiger partial charge in [0.25, 0.3) is 0 Å². The summed E-state index contributed by atoms with van der Waals surface area (Å²) in [5.41, 5.74) is 2.58. The van der Waals surface area contributed by atoms with Gasteiger partial charge in [-0.3, -0.25) is 14.9 Å². The number of ether oxygens (including phenoxy) is 1. The highest BCUT2D eigenvalue weighted by atomic mass is 16.5. The van der Waals surface area contributed by atoms with Crippen LogP contribution in [0, 0.1) is 5.92 Å². The molecule has 0 aliphatic carbocycles. The molecule has 5 heteroatoms. The highest BCUT2D eigenvalue weighted by molar-refractivity contribution is 5.30. The van der Waals surface area contributed by atoms with Gasteiger partial charge in [0.1, 0.15) is 5.75 Å². The van der Waals surface area contributed by atoms with Crippen LogP contribution in [-0.4, -0.2) is 26.4 Å². The second kappa shape index (κ2) is 7.62. The second-order valence-corrected chi connectivity index (χ2v) is 6.86. The van der Waals surface area contributed by atoms with Gasteiger partial charge in [-0.05, 0) is 41.7 Å². The summed E-state index contributed by atoms with van der Waals surface area (Å²) in [5.74, 6) is 1.97. The summed E-state index contributed by atoms with van der Waals surface area (Å²) in [6.45, 7) is 4.36. The molecule has 4 rings (SSSR count). The standard InChI is InChI=1S/C21H22N4O/c1-16-11-20(18-3-2-8-22-12-18)25(14-16)15-17-4-6-19(7-5-17)26-21-13-23-9-10-24-21/h2-10,12-13,16,20H,11,14-15H2,1H3/t16-,20+/m0/s1. The molecule has 1 saturated heterocycles. The Hall–Kier alpha value is -2.79. The van der Waals surface area contributed by atoms with Gasteiger partial charge in [-0.25, -0.2) is 4.98 Å². The third-order valence-corrected chi connectivity index (χ3v) is 4.75. The molecule has 0 spiro atoms. The minimum absolute atomic E-state index is 0.439. The maximum Gasteiger partial charge on any atom is 0.237 e. The number of pyridine rings is 1. The summed E-state index contributed by atoms with van der Waals surface area (Å²) in [5, 5.41) is 0. The smallest absolute Gasteiger partial charge is 0.237 e. The van der Waals surface area contributed by atoms with Crippen molar-refractivity contribution in [3.8, 4) is 11.6 Å². The lowest BCUT2D eigenvalue weighted by Crippen LogP contribution is -2.23. The minimum Gasteiger partial charge on any atom is -0.438 e. The van der Waals surface area contributed by atoms with E-state index in [4.69, 9.17) is 4.74 Å². The lowest BCUT2D eigenvalue weighted by molar-refractivity contribution is 0.245. The molecule has 0 unspecified atom stereocenters. The van der Waals surface area contributed by atoms with Crippen molar-refractivity contribution < 1.29 is 4.74 Å². The van der Waals surface area contributed by atoms with Gasteiger partial charge < -0.3 is 4.74 Å². The average Bonchev–Trinajstić information content (AvgIpc) is 3.05. The summed E-state index contributed by atoms with van der Waals surface area (Å²) in [4.78, 5) is 15.0. The number of hydrogen-bond acceptors (Lipinski definition) is 5. The van der Waals surface area contributed by atoms with Crippen molar-refractivity contribution in [1.82, 2.24) is 19.9 Å². The maximum absolute atomic E-state index is 5.72. The summed E-state index contributed by atoms with van der Waals surface area (Å²) in [6.07, 6.45) is 9.87. The van der Waals surface area contributed by atoms with E-state index in [9.17, 15) is 0 Å². The quantitative estimate of drug-likeness (QED) is 0.691. The van der Waals surface area contributed by atoms with E-state index < -0.39 is 0 Å². The van der Waals surface area contributed by atoms with E-state index in [-0.39, 0.29) is 0 Å². The molecule has 0 saturated carbocycles. The minimum atomic E-state index is 0.439. The molecule has 2 atom stereocenters. The molecule has 5 nitrogen and oxygen atoms in total. The van der Waals surface area contributed by atoms with Crippen molar-refractivity contribution in [3.63, 3.8) is 0 Å². The number of nitrogens with zero attached hydrogens (tertiary/aromatic N) is 4. The maximum atomic E-state index is 5.72. The highest BCUT2D eigenvalue weighted by Gasteiger charge is 2.30. The van der Waals surface area contributed by atoms with Gasteiger partial charge in [0, 0.05) is 43.9 Å². The van der Waals surface area contributed by atoms with Crippen molar-refractivity contribution in [3.05, 3.63) is 78.5 Å². The lowest BCUT2D eigenvalue weighted by atomic mass is 10.0. The van der Waals surface area contributed by atoms with Gasteiger partial charge in [-0.15, -0.1) is 0 Å². The van der Waals surface area contributed by atoms with Crippen LogP contribution in [-0.2, 0) is 6.54 Å². The Balaban J connectivity index is 1.44. The van der Waals surface area contributed by atoms with Gasteiger partial charge in [0.2, 0.25) is 5.88 Å². The number of hydrogen-bond donors (Lipinski definition) is 0. The van der Waals surface area contributed by atoms with E-state index >= 15 is 0 Å². The van der Waals surface area contributed by atoms with Gasteiger partial charge in [-0.1, -0.05) is 25.1 Å². The normalized spacial score (nSPS) is 20.2. The number of likely N-dealkylation sites (tertiary alicyclic amines) is 1. The third-order valence-electron chi connectivity index (χ3n) is 4.75. The molecule has 0 N–H and O–H groups in total. The Morgan fingerprint density at radius 3 is 2.62 bits per heavy atom. The van der Waals surface area contributed by atoms with E-state index in [1.165, 1.54) is 17.5 Å². The fourth-order valence-corrected chi connectivity index (χ4v) is 3.58. The van der Waals surface area contributed by atoms with Gasteiger partial charge in [0.15, 0.2) is 0 Å². The molecule has 0 bridgehead atoms. The zero-order chi connectivity index (χ0) is 17.8. The zero-order valence-corrected chi connectivity index (χ0v) is 14.8. The van der Waals surface area contributed by atoms with Crippen LogP contribution in [0.25, 0.3) is 0 Å². The average molecular weight is 346 g/mol. The Morgan fingerprint density at radius 1 is 1.04 bits per heavy atom. The predicted octanol–water partition coefficient (Wildman–Crippen LogP) is 4.25. The molecule has 0 radical (unpaired) electrons. The van der Waals surface area contributed by atoms with Crippen molar-refractivity contribution in [2.75, 3.05) is 6.54 Å². The molecule has 1 fully saturated rings. The molecule has 132 valence electrons. The van der Waals surface area contributed by atoms with Gasteiger partial charge in [0.05, 0.1) is 6.20 Å². The molecule has 1 aromatic carbocycles. The summed E-state index contributed by atoms with van der Waals surface area (Å²) < 4.78 is 5.72. The van der Waals surface area contributed by atoms with Crippen LogP contribution in [0.1, 0.15) is 30.5 Å². The summed E-state index contributed by atoms with van der Waals surface area (Å²) >= 11 is 0. The van der Waals surface area contributed by atoms with E-state index in [0.29, 0.717) is 17.8 Å². The first-order valence-corrected chi connectivity index (χ1v) is 8.95. The first kappa shape index (κ1) is 16.7. The largest absolute Gasteiger partial charge is 0.438 e. The molecule has 3 heterocycles. The molecule has 0 amide bonds. The molecular formula is C21H22N4O. The highest BCUT2D eigenvalue weighted by Crippen LogP contribution is 2.36. The van der Waals surface area contributed by atoms with E-state index in [0.717, 1.165) is 18.8 Å². The summed E-state index contributed by atoms with van der Waals surface area (Å²) in [7, 11) is 0. The van der Waals surface area contributed by atoms with Crippen LogP contribution in [0.5, 0.6) is 11.6 Å². The zero-order valence-electron chi connectivity index (χ0n) is 14.8. The van der Waals surface area contributed by atoms with Gasteiger partial charge >= 0.3 is 0 Å². The Morgan fingerprint density at radius 2 is 1.88 bits per heavy atom.